The van der Waals surface area contributed by atoms with E-state index >= 15 is 0 Å². The summed E-state index contributed by atoms with van der Waals surface area (Å²) in [4.78, 5) is 7.67. The summed E-state index contributed by atoms with van der Waals surface area (Å²) in [7, 11) is 1.69. The molecule has 0 aliphatic rings. The first-order chi connectivity index (χ1) is 17.6. The molecule has 7 heteroatoms. The second-order valence-corrected chi connectivity index (χ2v) is 9.36. The number of H-pyrrole nitrogens is 1. The van der Waals surface area contributed by atoms with E-state index in [1.165, 1.54) is 22.1 Å². The Kier molecular flexibility index (Phi) is 6.96. The van der Waals surface area contributed by atoms with Crippen LogP contribution in [0.1, 0.15) is 35.5 Å². The molecule has 0 fully saturated rings. The molecule has 0 saturated carbocycles. The minimum atomic E-state index is 0.0412. The second-order valence-electron chi connectivity index (χ2n) is 8.45. The van der Waals surface area contributed by atoms with Gasteiger partial charge in [0.15, 0.2) is 0 Å². The van der Waals surface area contributed by atoms with Gasteiger partial charge in [-0.05, 0) is 66.2 Å². The molecule has 2 aromatic carbocycles. The number of hydrogen-bond acceptors (Lipinski definition) is 6. The number of nitrogens with zero attached hydrogens (tertiary/aromatic N) is 3. The van der Waals surface area contributed by atoms with Gasteiger partial charge in [-0.25, -0.2) is 0 Å². The number of aromatic amines is 1. The monoisotopic (exact) mass is 494 g/mol. The lowest BCUT2D eigenvalue weighted by Gasteiger charge is -2.11. The van der Waals surface area contributed by atoms with Crippen molar-refractivity contribution in [2.45, 2.75) is 32.8 Å². The number of ether oxygens (including phenoxy) is 2. The van der Waals surface area contributed by atoms with E-state index in [2.05, 4.69) is 74.6 Å². The van der Waals surface area contributed by atoms with Crippen LogP contribution >= 0.6 is 11.3 Å². The van der Waals surface area contributed by atoms with Gasteiger partial charge in [0, 0.05) is 23.6 Å². The summed E-state index contributed by atoms with van der Waals surface area (Å²) in [6.45, 7) is 4.35. The van der Waals surface area contributed by atoms with E-state index in [-0.39, 0.29) is 5.92 Å². The van der Waals surface area contributed by atoms with E-state index < -0.39 is 0 Å². The molecule has 0 bridgehead atoms. The van der Waals surface area contributed by atoms with Crippen molar-refractivity contribution in [1.29, 1.82) is 0 Å². The molecule has 6 nitrogen and oxygen atoms in total. The van der Waals surface area contributed by atoms with E-state index in [9.17, 15) is 0 Å². The Morgan fingerprint density at radius 1 is 1.06 bits per heavy atom. The maximum atomic E-state index is 6.08. The number of pyridine rings is 1. The molecule has 180 valence electrons. The van der Waals surface area contributed by atoms with Gasteiger partial charge in [-0.3, -0.25) is 4.98 Å². The molecule has 0 spiro atoms. The Balaban J connectivity index is 1.31. The molecule has 0 saturated heterocycles. The third kappa shape index (κ3) is 5.09. The fourth-order valence-electron chi connectivity index (χ4n) is 4.23. The first kappa shape index (κ1) is 23.6. The molecule has 1 atom stereocenters. The fraction of sp³-hybridized carbons (Fsp3) is 0.207. The van der Waals surface area contributed by atoms with E-state index in [1.54, 1.807) is 24.8 Å². The van der Waals surface area contributed by atoms with Gasteiger partial charge in [-0.15, -0.1) is 27.5 Å². The highest BCUT2D eigenvalue weighted by Crippen LogP contribution is 2.36. The number of methoxy groups -OCH3 is 1. The Morgan fingerprint density at radius 3 is 2.61 bits per heavy atom. The van der Waals surface area contributed by atoms with Crippen LogP contribution < -0.4 is 9.47 Å². The van der Waals surface area contributed by atoms with Crippen LogP contribution in [-0.2, 0) is 13.0 Å². The van der Waals surface area contributed by atoms with E-state index in [0.29, 0.717) is 13.0 Å². The Bertz CT molecular complexity index is 1530. The topological polar surface area (TPSA) is 72.9 Å². The van der Waals surface area contributed by atoms with E-state index in [4.69, 9.17) is 9.47 Å². The van der Waals surface area contributed by atoms with Crippen molar-refractivity contribution in [3.05, 3.63) is 89.1 Å². The van der Waals surface area contributed by atoms with Gasteiger partial charge < -0.3 is 14.5 Å². The van der Waals surface area contributed by atoms with Crippen molar-refractivity contribution < 1.29 is 9.47 Å². The maximum absolute atomic E-state index is 6.08. The van der Waals surface area contributed by atoms with Crippen LogP contribution in [0, 0.1) is 18.8 Å². The molecule has 5 aromatic rings. The summed E-state index contributed by atoms with van der Waals surface area (Å²) in [5, 5.41) is 11.3. The van der Waals surface area contributed by atoms with Crippen LogP contribution in [0.2, 0.25) is 0 Å². The smallest absolute Gasteiger partial charge is 0.131 e. The number of hydrogen-bond donors (Lipinski definition) is 1. The minimum Gasteiger partial charge on any atom is -0.497 e. The molecule has 5 rings (SSSR count). The largest absolute Gasteiger partial charge is 0.497 e. The molecule has 0 amide bonds. The van der Waals surface area contributed by atoms with Gasteiger partial charge in [0.1, 0.15) is 30.3 Å². The molecule has 1 N–H and O–H groups in total. The number of fused-ring (bicyclic) bond motifs is 1. The third-order valence-electron chi connectivity index (χ3n) is 6.09. The number of nitrogens with one attached hydrogen (secondary N) is 1. The SMILES string of the molecule is CC#C[C@@H](Cc1nnc[nH]1)c1ccc(OCc2cc3c(-c4ccc(OC)cc4C)csc3cn2)cc1. The molecular formula is C29H26N4O2S. The van der Waals surface area contributed by atoms with Crippen molar-refractivity contribution >= 4 is 21.4 Å². The van der Waals surface area contributed by atoms with Gasteiger partial charge in [0.05, 0.1) is 23.4 Å². The van der Waals surface area contributed by atoms with E-state index in [1.807, 2.05) is 31.3 Å². The van der Waals surface area contributed by atoms with Crippen LogP contribution in [0.5, 0.6) is 11.5 Å². The van der Waals surface area contributed by atoms with Crippen LogP contribution in [-0.4, -0.2) is 27.3 Å². The molecular weight excluding hydrogens is 468 g/mol. The number of rotatable bonds is 8. The highest BCUT2D eigenvalue weighted by Gasteiger charge is 2.13. The number of benzene rings is 2. The Labute approximate surface area is 214 Å². The normalized spacial score (nSPS) is 11.6. The number of aryl methyl sites for hydroxylation is 1. The zero-order valence-corrected chi connectivity index (χ0v) is 21.2. The third-order valence-corrected chi connectivity index (χ3v) is 7.03. The summed E-state index contributed by atoms with van der Waals surface area (Å²) in [6, 6.07) is 16.4. The molecule has 0 aliphatic carbocycles. The van der Waals surface area contributed by atoms with Crippen LogP contribution in [0.3, 0.4) is 0 Å². The summed E-state index contributed by atoms with van der Waals surface area (Å²) in [5.74, 6) is 8.80. The summed E-state index contributed by atoms with van der Waals surface area (Å²) < 4.78 is 12.6. The zero-order chi connectivity index (χ0) is 24.9. The van der Waals surface area contributed by atoms with Crippen molar-refractivity contribution in [3.63, 3.8) is 0 Å². The number of thiophene rings is 1. The van der Waals surface area contributed by atoms with Crippen LogP contribution in [0.15, 0.2) is 66.4 Å². The van der Waals surface area contributed by atoms with Gasteiger partial charge in [-0.2, -0.15) is 0 Å². The molecule has 3 aromatic heterocycles. The van der Waals surface area contributed by atoms with Crippen LogP contribution in [0.25, 0.3) is 21.2 Å². The summed E-state index contributed by atoms with van der Waals surface area (Å²) >= 11 is 1.70. The highest BCUT2D eigenvalue weighted by atomic mass is 32.1. The highest BCUT2D eigenvalue weighted by molar-refractivity contribution is 7.17. The van der Waals surface area contributed by atoms with Crippen molar-refractivity contribution in [2.75, 3.05) is 7.11 Å². The maximum Gasteiger partial charge on any atom is 0.131 e. The second kappa shape index (κ2) is 10.6. The average Bonchev–Trinajstić information content (AvgIpc) is 3.57. The molecule has 3 heterocycles. The number of aromatic nitrogens is 4. The van der Waals surface area contributed by atoms with Crippen LogP contribution in [0.4, 0.5) is 0 Å². The zero-order valence-electron chi connectivity index (χ0n) is 20.4. The molecule has 0 aliphatic heterocycles. The Hall–Kier alpha value is -4.15. The summed E-state index contributed by atoms with van der Waals surface area (Å²) in [5.41, 5.74) is 5.59. The van der Waals surface area contributed by atoms with Gasteiger partial charge >= 0.3 is 0 Å². The quantitative estimate of drug-likeness (QED) is 0.255. The lowest BCUT2D eigenvalue weighted by molar-refractivity contribution is 0.301. The standard InChI is InChI=1S/C29H26N4O2S/c1-4-5-21(13-29-31-18-32-33-29)20-6-8-23(9-7-20)35-16-22-14-26-27(17-36-28(26)15-30-22)25-11-10-24(34-3)12-19(25)2/h6-12,14-15,17-18,21H,13,16H2,1-3H3,(H,31,32,33)/t21-/m0/s1. The minimum absolute atomic E-state index is 0.0412. The summed E-state index contributed by atoms with van der Waals surface area (Å²) in [6.07, 6.45) is 4.20. The lowest BCUT2D eigenvalue weighted by Crippen LogP contribution is -2.03. The first-order valence-electron chi connectivity index (χ1n) is 11.7. The van der Waals surface area contributed by atoms with Gasteiger partial charge in [0.2, 0.25) is 0 Å². The molecule has 0 unspecified atom stereocenters. The molecule has 0 radical (unpaired) electrons. The predicted molar refractivity (Wildman–Crippen MR) is 143 cm³/mol. The van der Waals surface area contributed by atoms with Crippen molar-refractivity contribution in [3.8, 4) is 34.5 Å². The van der Waals surface area contributed by atoms with Gasteiger partial charge in [0.25, 0.3) is 0 Å². The first-order valence-corrected chi connectivity index (χ1v) is 12.5. The Morgan fingerprint density at radius 2 is 1.89 bits per heavy atom. The van der Waals surface area contributed by atoms with Gasteiger partial charge in [-0.1, -0.05) is 24.1 Å². The van der Waals surface area contributed by atoms with E-state index in [0.717, 1.165) is 33.3 Å². The predicted octanol–water partition coefficient (Wildman–Crippen LogP) is 6.33. The average molecular weight is 495 g/mol. The van der Waals surface area contributed by atoms with Crippen molar-refractivity contribution in [1.82, 2.24) is 20.2 Å². The lowest BCUT2D eigenvalue weighted by atomic mass is 9.96. The van der Waals surface area contributed by atoms with Crippen molar-refractivity contribution in [2.24, 2.45) is 0 Å². The fourth-order valence-corrected chi connectivity index (χ4v) is 5.14. The molecule has 36 heavy (non-hydrogen) atoms.